The smallest absolute Gasteiger partial charge is 0.230 e. The van der Waals surface area contributed by atoms with Crippen LogP contribution < -0.4 is 5.32 Å². The van der Waals surface area contributed by atoms with Gasteiger partial charge in [-0.1, -0.05) is 25.7 Å². The molecule has 1 N–H and O–H groups in total. The van der Waals surface area contributed by atoms with Gasteiger partial charge >= 0.3 is 0 Å². The lowest BCUT2D eigenvalue weighted by molar-refractivity contribution is -0.182. The van der Waals surface area contributed by atoms with Gasteiger partial charge in [0.05, 0.1) is 11.8 Å². The summed E-state index contributed by atoms with van der Waals surface area (Å²) in [6, 6.07) is 0.401. The maximum Gasteiger partial charge on any atom is 0.230 e. The van der Waals surface area contributed by atoms with Crippen molar-refractivity contribution in [3.8, 4) is 0 Å². The number of nitrogens with zero attached hydrogens (tertiary/aromatic N) is 2. The molecule has 0 radical (unpaired) electrons. The predicted molar refractivity (Wildman–Crippen MR) is 78.0 cm³/mol. The van der Waals surface area contributed by atoms with Crippen molar-refractivity contribution in [1.29, 1.82) is 0 Å². The second kappa shape index (κ2) is 4.97. The van der Waals surface area contributed by atoms with E-state index in [0.717, 1.165) is 44.9 Å². The molecule has 5 atom stereocenters. The van der Waals surface area contributed by atoms with Crippen molar-refractivity contribution >= 4 is 11.8 Å². The third-order valence-corrected chi connectivity index (χ3v) is 6.08. The Morgan fingerprint density at radius 2 is 1.57 bits per heavy atom. The molecular weight excluding hydrogens is 266 g/mol. The van der Waals surface area contributed by atoms with Gasteiger partial charge in [-0.05, 0) is 25.7 Å². The first kappa shape index (κ1) is 13.6. The minimum absolute atomic E-state index is 0.0332. The third-order valence-electron chi connectivity index (χ3n) is 6.08. The van der Waals surface area contributed by atoms with Gasteiger partial charge in [-0.15, -0.1) is 0 Å². The molecule has 5 unspecified atom stereocenters. The molecule has 2 amide bonds. The number of carbonyl (C=O) groups is 2. The Bertz CT molecular complexity index is 466. The third kappa shape index (κ3) is 1.93. The van der Waals surface area contributed by atoms with Crippen LogP contribution in [0.4, 0.5) is 0 Å². The first-order chi connectivity index (χ1) is 10.2. The standard InChI is InChI=1S/C16H25N3O2/c1-18-14(20)11-7-3-5-9-13(11)19-15(21)10-6-2-4-8-12(10)17-16(18)19/h10-13,16-17H,2-9H2,1H3. The van der Waals surface area contributed by atoms with Crippen LogP contribution in [0.5, 0.6) is 0 Å². The molecule has 2 saturated carbocycles. The molecule has 0 spiro atoms. The topological polar surface area (TPSA) is 52.7 Å². The van der Waals surface area contributed by atoms with Gasteiger partial charge in [-0.3, -0.25) is 14.9 Å². The molecule has 5 heteroatoms. The fourth-order valence-corrected chi connectivity index (χ4v) is 4.97. The van der Waals surface area contributed by atoms with Crippen LogP contribution in [-0.2, 0) is 9.59 Å². The predicted octanol–water partition coefficient (Wildman–Crippen LogP) is 1.29. The van der Waals surface area contributed by atoms with Crippen LogP contribution in [0, 0.1) is 11.8 Å². The molecule has 2 saturated heterocycles. The van der Waals surface area contributed by atoms with Gasteiger partial charge in [-0.2, -0.15) is 0 Å². The molecule has 4 rings (SSSR count). The van der Waals surface area contributed by atoms with Crippen LogP contribution in [-0.4, -0.2) is 47.0 Å². The highest BCUT2D eigenvalue weighted by Crippen LogP contribution is 2.40. The molecule has 5 nitrogen and oxygen atoms in total. The molecule has 21 heavy (non-hydrogen) atoms. The van der Waals surface area contributed by atoms with E-state index in [2.05, 4.69) is 5.32 Å². The number of carbonyl (C=O) groups excluding carboxylic acids is 2. The fraction of sp³-hybridized carbons (Fsp3) is 0.875. The minimum atomic E-state index is -0.205. The van der Waals surface area contributed by atoms with Gasteiger partial charge in [-0.25, -0.2) is 0 Å². The van der Waals surface area contributed by atoms with Crippen LogP contribution in [0.25, 0.3) is 0 Å². The fourth-order valence-electron chi connectivity index (χ4n) is 4.97. The lowest BCUT2D eigenvalue weighted by Gasteiger charge is -2.57. The maximum absolute atomic E-state index is 13.0. The van der Waals surface area contributed by atoms with E-state index in [-0.39, 0.29) is 36.1 Å². The Morgan fingerprint density at radius 3 is 2.38 bits per heavy atom. The molecule has 2 aliphatic carbocycles. The first-order valence-electron chi connectivity index (χ1n) is 8.53. The van der Waals surface area contributed by atoms with Crippen molar-refractivity contribution < 1.29 is 9.59 Å². The van der Waals surface area contributed by atoms with E-state index in [0.29, 0.717) is 5.91 Å². The second-order valence-corrected chi connectivity index (χ2v) is 7.19. The summed E-state index contributed by atoms with van der Waals surface area (Å²) in [7, 11) is 1.86. The summed E-state index contributed by atoms with van der Waals surface area (Å²) in [5, 5.41) is 3.61. The van der Waals surface area contributed by atoms with E-state index in [1.54, 1.807) is 4.90 Å². The zero-order valence-electron chi connectivity index (χ0n) is 12.8. The Labute approximate surface area is 126 Å². The first-order valence-corrected chi connectivity index (χ1v) is 8.53. The zero-order chi connectivity index (χ0) is 14.6. The lowest BCUT2D eigenvalue weighted by Crippen LogP contribution is -2.76. The molecule has 2 heterocycles. The SMILES string of the molecule is CN1C(=O)C2CCCCC2N2C(=O)C3CCCCC3NC12. The van der Waals surface area contributed by atoms with Crippen molar-refractivity contribution in [2.75, 3.05) is 7.05 Å². The molecular formula is C16H25N3O2. The van der Waals surface area contributed by atoms with E-state index in [1.165, 1.54) is 6.42 Å². The Balaban J connectivity index is 1.68. The Morgan fingerprint density at radius 1 is 0.905 bits per heavy atom. The van der Waals surface area contributed by atoms with Gasteiger partial charge in [0.25, 0.3) is 0 Å². The number of amides is 2. The summed E-state index contributed by atoms with van der Waals surface area (Å²) in [5.74, 6) is 0.709. The average molecular weight is 291 g/mol. The number of hydrogen-bond donors (Lipinski definition) is 1. The average Bonchev–Trinajstić information content (AvgIpc) is 2.52. The number of fused-ring (bicyclic) bond motifs is 4. The van der Waals surface area contributed by atoms with E-state index in [1.807, 2.05) is 11.9 Å². The molecule has 4 fully saturated rings. The molecule has 0 aromatic heterocycles. The Hall–Kier alpha value is -1.10. The van der Waals surface area contributed by atoms with Gasteiger partial charge < -0.3 is 9.80 Å². The molecule has 4 aliphatic rings. The molecule has 0 bridgehead atoms. The van der Waals surface area contributed by atoms with E-state index >= 15 is 0 Å². The van der Waals surface area contributed by atoms with Crippen molar-refractivity contribution in [1.82, 2.24) is 15.1 Å². The van der Waals surface area contributed by atoms with Crippen molar-refractivity contribution in [3.05, 3.63) is 0 Å². The lowest BCUT2D eigenvalue weighted by atomic mass is 9.77. The Kier molecular flexibility index (Phi) is 3.21. The number of hydrogen-bond acceptors (Lipinski definition) is 3. The highest BCUT2D eigenvalue weighted by molar-refractivity contribution is 5.87. The highest BCUT2D eigenvalue weighted by atomic mass is 16.2. The maximum atomic E-state index is 13.0. The summed E-state index contributed by atoms with van der Waals surface area (Å²) in [6.45, 7) is 0. The van der Waals surface area contributed by atoms with Crippen LogP contribution >= 0.6 is 0 Å². The summed E-state index contributed by atoms with van der Waals surface area (Å²) >= 11 is 0. The van der Waals surface area contributed by atoms with Crippen LogP contribution in [0.15, 0.2) is 0 Å². The van der Waals surface area contributed by atoms with Gasteiger partial charge in [0, 0.05) is 19.1 Å². The van der Waals surface area contributed by atoms with Crippen molar-refractivity contribution in [2.45, 2.75) is 69.7 Å². The van der Waals surface area contributed by atoms with Gasteiger partial charge in [0.2, 0.25) is 11.8 Å². The van der Waals surface area contributed by atoms with Crippen molar-refractivity contribution in [2.24, 2.45) is 11.8 Å². The normalized spacial score (nSPS) is 43.2. The zero-order valence-corrected chi connectivity index (χ0v) is 12.8. The van der Waals surface area contributed by atoms with Gasteiger partial charge in [0.15, 0.2) is 6.29 Å². The largest absolute Gasteiger partial charge is 0.312 e. The number of rotatable bonds is 0. The van der Waals surface area contributed by atoms with E-state index < -0.39 is 0 Å². The summed E-state index contributed by atoms with van der Waals surface area (Å²) in [5.41, 5.74) is 0. The van der Waals surface area contributed by atoms with Crippen LogP contribution in [0.3, 0.4) is 0 Å². The molecule has 0 aromatic carbocycles. The van der Waals surface area contributed by atoms with Crippen LogP contribution in [0.2, 0.25) is 0 Å². The van der Waals surface area contributed by atoms with E-state index in [4.69, 9.17) is 0 Å². The van der Waals surface area contributed by atoms with Crippen molar-refractivity contribution in [3.63, 3.8) is 0 Å². The summed E-state index contributed by atoms with van der Waals surface area (Å²) < 4.78 is 0. The molecule has 116 valence electrons. The summed E-state index contributed by atoms with van der Waals surface area (Å²) in [6.07, 6.45) is 8.42. The summed E-state index contributed by atoms with van der Waals surface area (Å²) in [4.78, 5) is 29.5. The monoisotopic (exact) mass is 291 g/mol. The highest BCUT2D eigenvalue weighted by Gasteiger charge is 2.53. The molecule has 2 aliphatic heterocycles. The molecule has 0 aromatic rings. The quantitative estimate of drug-likeness (QED) is 0.732. The minimum Gasteiger partial charge on any atom is -0.312 e. The van der Waals surface area contributed by atoms with E-state index in [9.17, 15) is 9.59 Å². The number of nitrogens with one attached hydrogen (secondary N) is 1. The van der Waals surface area contributed by atoms with Crippen LogP contribution in [0.1, 0.15) is 51.4 Å². The second-order valence-electron chi connectivity index (χ2n) is 7.19. The van der Waals surface area contributed by atoms with Gasteiger partial charge in [0.1, 0.15) is 0 Å².